The molecule has 0 radical (unpaired) electrons. The molecule has 0 saturated heterocycles. The highest BCUT2D eigenvalue weighted by atomic mass is 16.5. The Bertz CT molecular complexity index is 664. The van der Waals surface area contributed by atoms with E-state index in [1.54, 1.807) is 10.7 Å². The standard InChI is InChI=1S/C13H16N4O3/c1-7-11(8(2)17(3)16-7)20-12-9(14)5-6-10(15-12)13(18)19-4/h5-6H,14H2,1-4H3. The smallest absolute Gasteiger partial charge is 0.356 e. The van der Waals surface area contributed by atoms with E-state index in [1.807, 2.05) is 20.9 Å². The summed E-state index contributed by atoms with van der Waals surface area (Å²) in [6, 6.07) is 3.03. The molecule has 7 nitrogen and oxygen atoms in total. The zero-order valence-corrected chi connectivity index (χ0v) is 11.8. The molecule has 20 heavy (non-hydrogen) atoms. The summed E-state index contributed by atoms with van der Waals surface area (Å²) >= 11 is 0. The van der Waals surface area contributed by atoms with Crippen LogP contribution in [0.15, 0.2) is 12.1 Å². The second kappa shape index (κ2) is 5.20. The lowest BCUT2D eigenvalue weighted by atomic mass is 10.3. The van der Waals surface area contributed by atoms with Crippen molar-refractivity contribution in [3.05, 3.63) is 29.2 Å². The zero-order valence-electron chi connectivity index (χ0n) is 11.8. The number of pyridine rings is 1. The molecule has 0 saturated carbocycles. The third kappa shape index (κ3) is 2.42. The van der Waals surface area contributed by atoms with Gasteiger partial charge in [-0.1, -0.05) is 0 Å². The van der Waals surface area contributed by atoms with Crippen molar-refractivity contribution in [3.8, 4) is 11.6 Å². The molecule has 0 aliphatic carbocycles. The predicted octanol–water partition coefficient (Wildman–Crippen LogP) is 1.59. The third-order valence-electron chi connectivity index (χ3n) is 2.93. The summed E-state index contributed by atoms with van der Waals surface area (Å²) in [5, 5.41) is 4.24. The van der Waals surface area contributed by atoms with E-state index in [0.717, 1.165) is 11.4 Å². The lowest BCUT2D eigenvalue weighted by molar-refractivity contribution is 0.0593. The van der Waals surface area contributed by atoms with Crippen LogP contribution in [0.5, 0.6) is 11.6 Å². The molecule has 0 spiro atoms. The van der Waals surface area contributed by atoms with Gasteiger partial charge in [0.2, 0.25) is 5.88 Å². The number of carbonyl (C=O) groups is 1. The maximum Gasteiger partial charge on any atom is 0.356 e. The van der Waals surface area contributed by atoms with E-state index < -0.39 is 5.97 Å². The summed E-state index contributed by atoms with van der Waals surface area (Å²) < 4.78 is 12.0. The first-order valence-corrected chi connectivity index (χ1v) is 5.97. The van der Waals surface area contributed by atoms with Gasteiger partial charge in [-0.3, -0.25) is 4.68 Å². The topological polar surface area (TPSA) is 92.3 Å². The van der Waals surface area contributed by atoms with Gasteiger partial charge in [0, 0.05) is 7.05 Å². The molecule has 0 unspecified atom stereocenters. The van der Waals surface area contributed by atoms with Crippen molar-refractivity contribution in [1.29, 1.82) is 0 Å². The molecule has 2 N–H and O–H groups in total. The lowest BCUT2D eigenvalue weighted by Crippen LogP contribution is -2.06. The minimum atomic E-state index is -0.547. The van der Waals surface area contributed by atoms with Crippen molar-refractivity contribution < 1.29 is 14.3 Å². The van der Waals surface area contributed by atoms with Crippen LogP contribution < -0.4 is 10.5 Å². The lowest BCUT2D eigenvalue weighted by Gasteiger charge is -2.08. The molecular weight excluding hydrogens is 260 g/mol. The molecule has 0 aliphatic heterocycles. The van der Waals surface area contributed by atoms with Crippen molar-refractivity contribution in [2.24, 2.45) is 7.05 Å². The molecule has 2 aromatic heterocycles. The van der Waals surface area contributed by atoms with E-state index in [-0.39, 0.29) is 11.6 Å². The number of carbonyl (C=O) groups excluding carboxylic acids is 1. The summed E-state index contributed by atoms with van der Waals surface area (Å²) in [6.45, 7) is 3.69. The maximum atomic E-state index is 11.5. The van der Waals surface area contributed by atoms with Crippen molar-refractivity contribution in [3.63, 3.8) is 0 Å². The van der Waals surface area contributed by atoms with Gasteiger partial charge in [0.25, 0.3) is 0 Å². The van der Waals surface area contributed by atoms with Crippen LogP contribution in [0.4, 0.5) is 5.69 Å². The van der Waals surface area contributed by atoms with Gasteiger partial charge in [0.15, 0.2) is 11.4 Å². The summed E-state index contributed by atoms with van der Waals surface area (Å²) in [7, 11) is 3.10. The van der Waals surface area contributed by atoms with Crippen LogP contribution in [-0.2, 0) is 11.8 Å². The van der Waals surface area contributed by atoms with Gasteiger partial charge in [-0.25, -0.2) is 9.78 Å². The Morgan fingerprint density at radius 3 is 2.60 bits per heavy atom. The second-order valence-electron chi connectivity index (χ2n) is 4.31. The van der Waals surface area contributed by atoms with Gasteiger partial charge in [0.1, 0.15) is 5.69 Å². The predicted molar refractivity (Wildman–Crippen MR) is 72.7 cm³/mol. The first-order chi connectivity index (χ1) is 9.43. The van der Waals surface area contributed by atoms with Crippen molar-refractivity contribution in [2.45, 2.75) is 13.8 Å². The van der Waals surface area contributed by atoms with E-state index in [2.05, 4.69) is 14.8 Å². The Balaban J connectivity index is 2.40. The first kappa shape index (κ1) is 13.9. The normalized spacial score (nSPS) is 10.4. The number of aromatic nitrogens is 3. The minimum Gasteiger partial charge on any atom is -0.464 e. The van der Waals surface area contributed by atoms with Crippen LogP contribution in [-0.4, -0.2) is 27.8 Å². The van der Waals surface area contributed by atoms with E-state index in [9.17, 15) is 4.79 Å². The second-order valence-corrected chi connectivity index (χ2v) is 4.31. The quantitative estimate of drug-likeness (QED) is 0.856. The zero-order chi connectivity index (χ0) is 14.9. The fourth-order valence-electron chi connectivity index (χ4n) is 1.75. The first-order valence-electron chi connectivity index (χ1n) is 5.97. The highest BCUT2D eigenvalue weighted by Crippen LogP contribution is 2.30. The number of methoxy groups -OCH3 is 1. The van der Waals surface area contributed by atoms with Crippen molar-refractivity contribution in [2.75, 3.05) is 12.8 Å². The van der Waals surface area contributed by atoms with E-state index in [1.165, 1.54) is 13.2 Å². The molecule has 2 rings (SSSR count). The Kier molecular flexibility index (Phi) is 3.60. The summed E-state index contributed by atoms with van der Waals surface area (Å²) in [6.07, 6.45) is 0. The Labute approximate surface area is 116 Å². The van der Waals surface area contributed by atoms with Gasteiger partial charge >= 0.3 is 5.97 Å². The van der Waals surface area contributed by atoms with Crippen LogP contribution in [0.2, 0.25) is 0 Å². The molecule has 7 heteroatoms. The van der Waals surface area contributed by atoms with E-state index in [0.29, 0.717) is 11.4 Å². The number of hydrogen-bond donors (Lipinski definition) is 1. The number of hydrogen-bond acceptors (Lipinski definition) is 6. The van der Waals surface area contributed by atoms with Gasteiger partial charge in [-0.15, -0.1) is 0 Å². The van der Waals surface area contributed by atoms with Crippen LogP contribution in [0.3, 0.4) is 0 Å². The van der Waals surface area contributed by atoms with Crippen LogP contribution in [0.25, 0.3) is 0 Å². The molecule has 0 fully saturated rings. The maximum absolute atomic E-state index is 11.5. The highest BCUT2D eigenvalue weighted by molar-refractivity contribution is 5.87. The number of nitrogens with two attached hydrogens (primary N) is 1. The summed E-state index contributed by atoms with van der Waals surface area (Å²) in [5.74, 6) is 0.190. The van der Waals surface area contributed by atoms with Gasteiger partial charge in [-0.05, 0) is 26.0 Å². The van der Waals surface area contributed by atoms with Crippen LogP contribution in [0, 0.1) is 13.8 Å². The number of rotatable bonds is 3. The largest absolute Gasteiger partial charge is 0.464 e. The van der Waals surface area contributed by atoms with Gasteiger partial charge < -0.3 is 15.2 Å². The monoisotopic (exact) mass is 276 g/mol. The molecular formula is C13H16N4O3. The third-order valence-corrected chi connectivity index (χ3v) is 2.93. The number of nitrogen functional groups attached to an aromatic ring is 1. The summed E-state index contributed by atoms with van der Waals surface area (Å²) in [5.41, 5.74) is 7.84. The Morgan fingerprint density at radius 1 is 1.35 bits per heavy atom. The van der Waals surface area contributed by atoms with Crippen molar-refractivity contribution >= 4 is 11.7 Å². The molecule has 0 atom stereocenters. The number of nitrogens with zero attached hydrogens (tertiary/aromatic N) is 3. The fourth-order valence-corrected chi connectivity index (χ4v) is 1.75. The van der Waals surface area contributed by atoms with E-state index >= 15 is 0 Å². The molecule has 0 aliphatic rings. The number of esters is 1. The molecule has 0 aromatic carbocycles. The van der Waals surface area contributed by atoms with Crippen LogP contribution in [0.1, 0.15) is 21.9 Å². The SMILES string of the molecule is COC(=O)c1ccc(N)c(Oc2c(C)nn(C)c2C)n1. The highest BCUT2D eigenvalue weighted by Gasteiger charge is 2.16. The minimum absolute atomic E-state index is 0.135. The van der Waals surface area contributed by atoms with Crippen LogP contribution >= 0.6 is 0 Å². The van der Waals surface area contributed by atoms with Crippen molar-refractivity contribution in [1.82, 2.24) is 14.8 Å². The number of ether oxygens (including phenoxy) is 2. The van der Waals surface area contributed by atoms with E-state index in [4.69, 9.17) is 10.5 Å². The van der Waals surface area contributed by atoms with Gasteiger partial charge in [0.05, 0.1) is 18.5 Å². The number of anilines is 1. The Morgan fingerprint density at radius 2 is 2.05 bits per heavy atom. The molecule has 2 heterocycles. The summed E-state index contributed by atoms with van der Waals surface area (Å²) in [4.78, 5) is 15.5. The average Bonchev–Trinajstić information content (AvgIpc) is 2.66. The molecule has 0 bridgehead atoms. The average molecular weight is 276 g/mol. The Hall–Kier alpha value is -2.57. The molecule has 106 valence electrons. The number of aryl methyl sites for hydroxylation is 2. The molecule has 0 amide bonds. The molecule has 2 aromatic rings. The fraction of sp³-hybridized carbons (Fsp3) is 0.308. The van der Waals surface area contributed by atoms with Gasteiger partial charge in [-0.2, -0.15) is 5.10 Å².